The molecule has 0 aliphatic rings. The zero-order valence-corrected chi connectivity index (χ0v) is 14.9. The van der Waals surface area contributed by atoms with Crippen molar-refractivity contribution in [2.24, 2.45) is 0 Å². The topological polar surface area (TPSA) is 51.8 Å². The zero-order chi connectivity index (χ0) is 16.5. The van der Waals surface area contributed by atoms with E-state index in [0.717, 1.165) is 26.6 Å². The Morgan fingerprint density at radius 2 is 1.92 bits per heavy atom. The van der Waals surface area contributed by atoms with Crippen LogP contribution in [0.25, 0.3) is 21.5 Å². The standard InChI is InChI=1S/C18H15N3OS2/c1-11-12(2)24-18-16(11)17(20-10-21-18)23-9-15-19-8-14(22-15)13-6-4-3-5-7-13/h3-8,10H,9H2,1-2H3. The monoisotopic (exact) mass is 353 g/mol. The van der Waals surface area contributed by atoms with Crippen LogP contribution in [0.2, 0.25) is 0 Å². The molecular formula is C18H15N3OS2. The van der Waals surface area contributed by atoms with Gasteiger partial charge in [-0.1, -0.05) is 42.1 Å². The minimum Gasteiger partial charge on any atom is -0.440 e. The predicted molar refractivity (Wildman–Crippen MR) is 98.4 cm³/mol. The Balaban J connectivity index is 1.57. The van der Waals surface area contributed by atoms with Gasteiger partial charge in [0, 0.05) is 15.8 Å². The van der Waals surface area contributed by atoms with Crippen molar-refractivity contribution >= 4 is 33.3 Å². The molecule has 1 aromatic carbocycles. The fraction of sp³-hybridized carbons (Fsp3) is 0.167. The fourth-order valence-electron chi connectivity index (χ4n) is 2.50. The first kappa shape index (κ1) is 15.4. The van der Waals surface area contributed by atoms with E-state index in [-0.39, 0.29) is 0 Å². The number of fused-ring (bicyclic) bond motifs is 1. The van der Waals surface area contributed by atoms with Gasteiger partial charge in [0.25, 0.3) is 0 Å². The van der Waals surface area contributed by atoms with Crippen molar-refractivity contribution in [3.8, 4) is 11.3 Å². The highest BCUT2D eigenvalue weighted by molar-refractivity contribution is 7.98. The van der Waals surface area contributed by atoms with Gasteiger partial charge >= 0.3 is 0 Å². The summed E-state index contributed by atoms with van der Waals surface area (Å²) in [5.74, 6) is 2.14. The molecule has 3 heterocycles. The molecule has 24 heavy (non-hydrogen) atoms. The first-order valence-corrected chi connectivity index (χ1v) is 9.36. The van der Waals surface area contributed by atoms with Crippen molar-refractivity contribution in [3.63, 3.8) is 0 Å². The van der Waals surface area contributed by atoms with Gasteiger partial charge in [-0.05, 0) is 19.4 Å². The van der Waals surface area contributed by atoms with E-state index in [1.165, 1.54) is 10.4 Å². The lowest BCUT2D eigenvalue weighted by molar-refractivity contribution is 0.530. The van der Waals surface area contributed by atoms with Crippen LogP contribution in [0.1, 0.15) is 16.3 Å². The van der Waals surface area contributed by atoms with Gasteiger partial charge in [-0.25, -0.2) is 15.0 Å². The molecule has 4 rings (SSSR count). The average Bonchev–Trinajstić information content (AvgIpc) is 3.19. The van der Waals surface area contributed by atoms with E-state index in [0.29, 0.717) is 11.6 Å². The lowest BCUT2D eigenvalue weighted by Crippen LogP contribution is -1.87. The van der Waals surface area contributed by atoms with Gasteiger partial charge in [-0.15, -0.1) is 11.3 Å². The molecule has 0 saturated heterocycles. The van der Waals surface area contributed by atoms with Crippen molar-refractivity contribution in [2.45, 2.75) is 24.6 Å². The van der Waals surface area contributed by atoms with Crippen molar-refractivity contribution in [1.82, 2.24) is 15.0 Å². The fourth-order valence-corrected chi connectivity index (χ4v) is 4.47. The van der Waals surface area contributed by atoms with Gasteiger partial charge in [-0.3, -0.25) is 0 Å². The molecule has 0 saturated carbocycles. The summed E-state index contributed by atoms with van der Waals surface area (Å²) >= 11 is 3.35. The predicted octanol–water partition coefficient (Wildman–Crippen LogP) is 5.26. The summed E-state index contributed by atoms with van der Waals surface area (Å²) < 4.78 is 5.87. The van der Waals surface area contributed by atoms with E-state index in [1.807, 2.05) is 30.3 Å². The summed E-state index contributed by atoms with van der Waals surface area (Å²) in [6.07, 6.45) is 3.41. The second-order valence-electron chi connectivity index (χ2n) is 5.42. The molecule has 4 aromatic rings. The van der Waals surface area contributed by atoms with Gasteiger partial charge in [0.1, 0.15) is 16.2 Å². The lowest BCUT2D eigenvalue weighted by Gasteiger charge is -2.01. The number of aryl methyl sites for hydroxylation is 2. The highest BCUT2D eigenvalue weighted by Gasteiger charge is 2.14. The number of rotatable bonds is 4. The molecular weight excluding hydrogens is 338 g/mol. The second-order valence-corrected chi connectivity index (χ2v) is 7.58. The van der Waals surface area contributed by atoms with Crippen LogP contribution in [0.15, 0.2) is 52.3 Å². The third-order valence-electron chi connectivity index (χ3n) is 3.87. The largest absolute Gasteiger partial charge is 0.440 e. The normalized spacial score (nSPS) is 11.2. The first-order valence-electron chi connectivity index (χ1n) is 7.56. The summed E-state index contributed by atoms with van der Waals surface area (Å²) in [6, 6.07) is 10.0. The van der Waals surface area contributed by atoms with Crippen LogP contribution in [0, 0.1) is 13.8 Å². The first-order chi connectivity index (χ1) is 11.7. The summed E-state index contributed by atoms with van der Waals surface area (Å²) in [7, 11) is 0. The van der Waals surface area contributed by atoms with Crippen LogP contribution < -0.4 is 0 Å². The van der Waals surface area contributed by atoms with E-state index < -0.39 is 0 Å². The summed E-state index contributed by atoms with van der Waals surface area (Å²) in [5.41, 5.74) is 2.30. The summed E-state index contributed by atoms with van der Waals surface area (Å²) in [6.45, 7) is 4.25. The van der Waals surface area contributed by atoms with Crippen LogP contribution in [0.4, 0.5) is 0 Å². The number of benzene rings is 1. The average molecular weight is 353 g/mol. The third-order valence-corrected chi connectivity index (χ3v) is 5.96. The molecule has 0 atom stereocenters. The number of hydrogen-bond donors (Lipinski definition) is 0. The molecule has 0 bridgehead atoms. The summed E-state index contributed by atoms with van der Waals surface area (Å²) in [4.78, 5) is 15.5. The maximum absolute atomic E-state index is 5.87. The quantitative estimate of drug-likeness (QED) is 0.370. The Bertz CT molecular complexity index is 992. The Morgan fingerprint density at radius 3 is 2.75 bits per heavy atom. The Hall–Kier alpha value is -2.18. The summed E-state index contributed by atoms with van der Waals surface area (Å²) in [5, 5.41) is 2.14. The highest BCUT2D eigenvalue weighted by Crippen LogP contribution is 2.35. The molecule has 0 radical (unpaired) electrons. The lowest BCUT2D eigenvalue weighted by atomic mass is 10.2. The molecule has 0 aliphatic heterocycles. The van der Waals surface area contributed by atoms with Crippen molar-refractivity contribution in [3.05, 3.63) is 59.2 Å². The number of oxazole rings is 1. The minimum atomic E-state index is 0.646. The molecule has 0 fully saturated rings. The molecule has 120 valence electrons. The van der Waals surface area contributed by atoms with Gasteiger partial charge in [0.05, 0.1) is 11.9 Å². The van der Waals surface area contributed by atoms with Crippen LogP contribution in [-0.4, -0.2) is 15.0 Å². The number of aromatic nitrogens is 3. The van der Waals surface area contributed by atoms with E-state index >= 15 is 0 Å². The van der Waals surface area contributed by atoms with Crippen LogP contribution in [-0.2, 0) is 5.75 Å². The van der Waals surface area contributed by atoms with Gasteiger partial charge in [0.15, 0.2) is 5.76 Å². The molecule has 0 amide bonds. The SMILES string of the molecule is Cc1sc2ncnc(SCc3ncc(-c4ccccc4)o3)c2c1C. The van der Waals surface area contributed by atoms with Gasteiger partial charge < -0.3 is 4.42 Å². The third kappa shape index (κ3) is 2.83. The maximum Gasteiger partial charge on any atom is 0.205 e. The van der Waals surface area contributed by atoms with E-state index in [2.05, 4.69) is 28.8 Å². The molecule has 4 nitrogen and oxygen atoms in total. The number of hydrogen-bond acceptors (Lipinski definition) is 6. The van der Waals surface area contributed by atoms with Gasteiger partial charge in [-0.2, -0.15) is 0 Å². The van der Waals surface area contributed by atoms with Crippen molar-refractivity contribution in [2.75, 3.05) is 0 Å². The highest BCUT2D eigenvalue weighted by atomic mass is 32.2. The Kier molecular flexibility index (Phi) is 4.08. The molecule has 0 N–H and O–H groups in total. The minimum absolute atomic E-state index is 0.646. The van der Waals surface area contributed by atoms with E-state index in [4.69, 9.17) is 4.42 Å². The Labute approximate surface area is 148 Å². The molecule has 0 spiro atoms. The number of thioether (sulfide) groups is 1. The molecule has 0 unspecified atom stereocenters. The van der Waals surface area contributed by atoms with E-state index in [9.17, 15) is 0 Å². The zero-order valence-electron chi connectivity index (χ0n) is 13.3. The van der Waals surface area contributed by atoms with Crippen LogP contribution >= 0.6 is 23.1 Å². The van der Waals surface area contributed by atoms with Crippen LogP contribution in [0.5, 0.6) is 0 Å². The van der Waals surface area contributed by atoms with Crippen molar-refractivity contribution in [1.29, 1.82) is 0 Å². The van der Waals surface area contributed by atoms with Crippen LogP contribution in [0.3, 0.4) is 0 Å². The smallest absolute Gasteiger partial charge is 0.205 e. The Morgan fingerprint density at radius 1 is 1.08 bits per heavy atom. The second kappa shape index (κ2) is 6.37. The molecule has 0 aliphatic carbocycles. The number of thiophene rings is 1. The molecule has 3 aromatic heterocycles. The number of nitrogens with zero attached hydrogens (tertiary/aromatic N) is 3. The van der Waals surface area contributed by atoms with Gasteiger partial charge in [0.2, 0.25) is 5.89 Å². The van der Waals surface area contributed by atoms with Crippen molar-refractivity contribution < 1.29 is 4.42 Å². The van der Waals surface area contributed by atoms with E-state index in [1.54, 1.807) is 35.6 Å². The molecule has 6 heteroatoms. The maximum atomic E-state index is 5.87.